The fourth-order valence-electron chi connectivity index (χ4n) is 5.42. The predicted octanol–water partition coefficient (Wildman–Crippen LogP) is 7.82. The minimum atomic E-state index is -4.88. The summed E-state index contributed by atoms with van der Waals surface area (Å²) in [7, 11) is 0. The van der Waals surface area contributed by atoms with E-state index in [1.54, 1.807) is 18.3 Å². The number of rotatable bonds is 9. The van der Waals surface area contributed by atoms with Crippen LogP contribution in [0.25, 0.3) is 0 Å². The molecule has 0 aliphatic carbocycles. The second-order valence-corrected chi connectivity index (χ2v) is 10.4. The molecule has 1 aliphatic heterocycles. The third-order valence-corrected chi connectivity index (χ3v) is 7.42. The van der Waals surface area contributed by atoms with Gasteiger partial charge in [0.2, 0.25) is 5.88 Å². The number of ether oxygens (including phenoxy) is 3. The van der Waals surface area contributed by atoms with Crippen molar-refractivity contribution in [2.24, 2.45) is 5.92 Å². The molecule has 6 nitrogen and oxygen atoms in total. The van der Waals surface area contributed by atoms with E-state index in [2.05, 4.69) is 19.4 Å². The summed E-state index contributed by atoms with van der Waals surface area (Å²) in [6.07, 6.45) is -7.10. The summed E-state index contributed by atoms with van der Waals surface area (Å²) in [6, 6.07) is 22.8. The minimum Gasteiger partial charge on any atom is -0.439 e. The van der Waals surface area contributed by atoms with Gasteiger partial charge in [-0.2, -0.15) is 0 Å². The molecule has 0 saturated carbocycles. The molecule has 1 N–H and O–H groups in total. The molecule has 232 valence electrons. The first-order valence-electron chi connectivity index (χ1n) is 13.7. The average Bonchev–Trinajstić information content (AvgIpc) is 2.98. The van der Waals surface area contributed by atoms with Crippen LogP contribution in [0.15, 0.2) is 97.2 Å². The lowest BCUT2D eigenvalue weighted by molar-refractivity contribution is -0.275. The number of pyridine rings is 1. The van der Waals surface area contributed by atoms with E-state index in [-0.39, 0.29) is 0 Å². The molecule has 5 rings (SSSR count). The van der Waals surface area contributed by atoms with Crippen molar-refractivity contribution in [2.45, 2.75) is 37.7 Å². The number of nitrogens with zero attached hydrogens (tertiary/aromatic N) is 2. The van der Waals surface area contributed by atoms with Crippen LogP contribution in [0.2, 0.25) is 0 Å². The van der Waals surface area contributed by atoms with Gasteiger partial charge in [0.05, 0.1) is 0 Å². The molecule has 0 atom stereocenters. The largest absolute Gasteiger partial charge is 0.573 e. The lowest BCUT2D eigenvalue weighted by Crippen LogP contribution is -2.44. The maximum absolute atomic E-state index is 12.7. The number of halogens is 6. The molecule has 0 spiro atoms. The maximum atomic E-state index is 12.7. The van der Waals surface area contributed by atoms with Crippen LogP contribution in [0, 0.1) is 5.92 Å². The summed E-state index contributed by atoms with van der Waals surface area (Å²) in [4.78, 5) is 6.36. The molecule has 1 aliphatic rings. The normalized spacial score (nSPS) is 15.2. The van der Waals surface area contributed by atoms with Crippen LogP contribution in [-0.4, -0.2) is 40.8 Å². The second kappa shape index (κ2) is 12.7. The summed E-state index contributed by atoms with van der Waals surface area (Å²) >= 11 is 0. The van der Waals surface area contributed by atoms with E-state index in [9.17, 15) is 31.4 Å². The lowest BCUT2D eigenvalue weighted by Gasteiger charge is -2.42. The summed E-state index contributed by atoms with van der Waals surface area (Å²) in [5.41, 5.74) is -0.0751. The van der Waals surface area contributed by atoms with Crippen molar-refractivity contribution in [3.8, 4) is 23.1 Å². The van der Waals surface area contributed by atoms with Gasteiger partial charge in [-0.15, -0.1) is 26.3 Å². The monoisotopic (exact) mass is 618 g/mol. The van der Waals surface area contributed by atoms with Crippen molar-refractivity contribution < 1.29 is 45.7 Å². The van der Waals surface area contributed by atoms with Crippen LogP contribution in [0.4, 0.5) is 26.3 Å². The van der Waals surface area contributed by atoms with Crippen molar-refractivity contribution in [1.29, 1.82) is 0 Å². The number of hydrogen-bond donors (Lipinski definition) is 1. The predicted molar refractivity (Wildman–Crippen MR) is 148 cm³/mol. The Morgan fingerprint density at radius 1 is 0.682 bits per heavy atom. The Morgan fingerprint density at radius 2 is 1.18 bits per heavy atom. The molecule has 2 heterocycles. The summed E-state index contributed by atoms with van der Waals surface area (Å²) in [5, 5.41) is 12.2. The van der Waals surface area contributed by atoms with Gasteiger partial charge >= 0.3 is 12.7 Å². The highest BCUT2D eigenvalue weighted by atomic mass is 19.4. The van der Waals surface area contributed by atoms with Crippen molar-refractivity contribution in [3.05, 3.63) is 114 Å². The number of benzene rings is 3. The fraction of sp³-hybridized carbons (Fsp3) is 0.281. The zero-order valence-electron chi connectivity index (χ0n) is 23.2. The third-order valence-electron chi connectivity index (χ3n) is 7.42. The van der Waals surface area contributed by atoms with Crippen LogP contribution in [0.5, 0.6) is 23.1 Å². The SMILES string of the molecule is OC(c1ccc(OC(F)(F)F)cc1)(c1ccc(OC(F)(F)F)cc1)C1CCN(Cc2ccc(Oc3ccccn3)cc2)CC1. The van der Waals surface area contributed by atoms with E-state index in [1.807, 2.05) is 30.3 Å². The van der Waals surface area contributed by atoms with E-state index in [0.717, 1.165) is 29.8 Å². The van der Waals surface area contributed by atoms with Gasteiger partial charge in [-0.05, 0) is 91.0 Å². The summed E-state index contributed by atoms with van der Waals surface area (Å²) in [6.45, 7) is 1.84. The van der Waals surface area contributed by atoms with Crippen LogP contribution < -0.4 is 14.2 Å². The number of likely N-dealkylation sites (tertiary alicyclic amines) is 1. The molecule has 1 aromatic heterocycles. The van der Waals surface area contributed by atoms with E-state index in [0.29, 0.717) is 55.2 Å². The van der Waals surface area contributed by atoms with E-state index in [4.69, 9.17) is 4.74 Å². The smallest absolute Gasteiger partial charge is 0.439 e. The highest BCUT2D eigenvalue weighted by Crippen LogP contribution is 2.43. The molecule has 0 radical (unpaired) electrons. The summed E-state index contributed by atoms with van der Waals surface area (Å²) < 4.78 is 89.9. The van der Waals surface area contributed by atoms with Crippen LogP contribution in [-0.2, 0) is 12.1 Å². The second-order valence-electron chi connectivity index (χ2n) is 10.4. The average molecular weight is 619 g/mol. The first-order chi connectivity index (χ1) is 20.9. The molecule has 3 aromatic carbocycles. The first kappa shape index (κ1) is 31.1. The van der Waals surface area contributed by atoms with E-state index in [1.165, 1.54) is 24.3 Å². The first-order valence-corrected chi connectivity index (χ1v) is 13.7. The Morgan fingerprint density at radius 3 is 1.64 bits per heavy atom. The topological polar surface area (TPSA) is 64.0 Å². The van der Waals surface area contributed by atoms with Crippen molar-refractivity contribution >= 4 is 0 Å². The minimum absolute atomic E-state index is 0.290. The lowest BCUT2D eigenvalue weighted by atomic mass is 9.72. The van der Waals surface area contributed by atoms with Gasteiger partial charge in [-0.1, -0.05) is 42.5 Å². The van der Waals surface area contributed by atoms with Crippen molar-refractivity contribution in [3.63, 3.8) is 0 Å². The van der Waals surface area contributed by atoms with Gasteiger partial charge in [0.1, 0.15) is 22.8 Å². The highest BCUT2D eigenvalue weighted by Gasteiger charge is 2.42. The van der Waals surface area contributed by atoms with Gasteiger partial charge in [0.15, 0.2) is 0 Å². The molecular weight excluding hydrogens is 590 g/mol. The van der Waals surface area contributed by atoms with Crippen molar-refractivity contribution in [2.75, 3.05) is 13.1 Å². The van der Waals surface area contributed by atoms with Crippen molar-refractivity contribution in [1.82, 2.24) is 9.88 Å². The molecule has 0 unspecified atom stereocenters. The number of aliphatic hydroxyl groups is 1. The molecule has 12 heteroatoms. The van der Waals surface area contributed by atoms with E-state index < -0.39 is 35.7 Å². The number of piperidine rings is 1. The quantitative estimate of drug-likeness (QED) is 0.193. The Bertz CT molecular complexity index is 1430. The Kier molecular flexibility index (Phi) is 9.02. The number of hydrogen-bond acceptors (Lipinski definition) is 6. The van der Waals surface area contributed by atoms with Gasteiger partial charge < -0.3 is 19.3 Å². The molecule has 1 fully saturated rings. The Labute approximate surface area is 249 Å². The third kappa shape index (κ3) is 8.00. The number of aromatic nitrogens is 1. The van der Waals surface area contributed by atoms with Gasteiger partial charge in [0.25, 0.3) is 0 Å². The van der Waals surface area contributed by atoms with Crippen LogP contribution in [0.1, 0.15) is 29.5 Å². The Balaban J connectivity index is 1.30. The van der Waals surface area contributed by atoms with Crippen LogP contribution in [0.3, 0.4) is 0 Å². The molecule has 1 saturated heterocycles. The standard InChI is InChI=1S/C32H28F6N2O4/c33-31(34,35)43-27-12-6-23(7-13-27)30(41,24-8-14-28(15-9-24)44-32(36,37)38)25-16-19-40(20-17-25)21-22-4-10-26(11-5-22)42-29-3-1-2-18-39-29/h1-15,18,25,41H,16-17,19-21H2. The van der Waals surface area contributed by atoms with Gasteiger partial charge in [-0.25, -0.2) is 4.98 Å². The Hall–Kier alpha value is -4.29. The zero-order valence-corrected chi connectivity index (χ0v) is 23.2. The molecule has 4 aromatic rings. The van der Waals surface area contributed by atoms with Gasteiger partial charge in [0, 0.05) is 18.8 Å². The summed E-state index contributed by atoms with van der Waals surface area (Å²) in [5.74, 6) is -0.168. The van der Waals surface area contributed by atoms with Gasteiger partial charge in [-0.3, -0.25) is 4.90 Å². The molecular formula is C32H28F6N2O4. The zero-order chi connectivity index (χ0) is 31.4. The highest BCUT2D eigenvalue weighted by molar-refractivity contribution is 5.42. The molecule has 44 heavy (non-hydrogen) atoms. The maximum Gasteiger partial charge on any atom is 0.573 e. The van der Waals surface area contributed by atoms with E-state index >= 15 is 0 Å². The van der Waals surface area contributed by atoms with Crippen LogP contribution >= 0.6 is 0 Å². The molecule has 0 amide bonds. The number of alkyl halides is 6. The molecule has 0 bridgehead atoms. The fourth-order valence-corrected chi connectivity index (χ4v) is 5.42.